The molecule has 2 fully saturated rings. The monoisotopic (exact) mass is 395 g/mol. The minimum Gasteiger partial charge on any atom is -0.454 e. The fraction of sp³-hybridized carbons (Fsp3) is 0.476. The first kappa shape index (κ1) is 18.2. The number of rotatable bonds is 5. The molecule has 4 heterocycles. The molecule has 8 heteroatoms. The first-order chi connectivity index (χ1) is 14.2. The normalized spacial score (nSPS) is 24.2. The largest absolute Gasteiger partial charge is 0.454 e. The van der Waals surface area contributed by atoms with E-state index in [4.69, 9.17) is 9.47 Å². The number of nitrogens with zero attached hydrogens (tertiary/aromatic N) is 4. The van der Waals surface area contributed by atoms with Crippen LogP contribution in [0.3, 0.4) is 0 Å². The third-order valence-electron chi connectivity index (χ3n) is 6.48. The molecule has 0 bridgehead atoms. The van der Waals surface area contributed by atoms with Crippen LogP contribution in [-0.4, -0.2) is 54.2 Å². The second-order valence-corrected chi connectivity index (χ2v) is 8.21. The molecule has 0 aliphatic carbocycles. The quantitative estimate of drug-likeness (QED) is 0.779. The molecule has 8 nitrogen and oxygen atoms in total. The summed E-state index contributed by atoms with van der Waals surface area (Å²) in [5, 5.41) is 2.58. The number of aromatic nitrogens is 2. The van der Waals surface area contributed by atoms with Crippen molar-refractivity contribution in [1.29, 1.82) is 0 Å². The van der Waals surface area contributed by atoms with Crippen LogP contribution in [0.25, 0.3) is 0 Å². The Labute approximate surface area is 169 Å². The van der Waals surface area contributed by atoms with Gasteiger partial charge in [-0.1, -0.05) is 6.07 Å². The van der Waals surface area contributed by atoms with Gasteiger partial charge in [-0.25, -0.2) is 9.97 Å². The van der Waals surface area contributed by atoms with Gasteiger partial charge >= 0.3 is 0 Å². The number of nitrogens with one attached hydrogen (secondary N) is 1. The Morgan fingerprint density at radius 2 is 1.93 bits per heavy atom. The number of benzene rings is 1. The topological polar surface area (TPSA) is 79.8 Å². The Bertz CT molecular complexity index is 906. The van der Waals surface area contributed by atoms with Gasteiger partial charge in [-0.15, -0.1) is 0 Å². The third-order valence-corrected chi connectivity index (χ3v) is 6.48. The maximum Gasteiger partial charge on any atom is 0.231 e. The molecule has 0 radical (unpaired) electrons. The van der Waals surface area contributed by atoms with Crippen LogP contribution in [0.2, 0.25) is 0 Å². The first-order valence-electron chi connectivity index (χ1n) is 10.1. The van der Waals surface area contributed by atoms with E-state index in [0.717, 1.165) is 50.0 Å². The number of fused-ring (bicyclic) bond motifs is 1. The van der Waals surface area contributed by atoms with Crippen LogP contribution in [0.5, 0.6) is 11.5 Å². The van der Waals surface area contributed by atoms with Gasteiger partial charge in [0, 0.05) is 31.1 Å². The number of carbonyl (C=O) groups excluding carboxylic acids is 1. The number of likely N-dealkylation sites (tertiary alicyclic amines) is 1. The Balaban J connectivity index is 1.25. The highest BCUT2D eigenvalue weighted by Gasteiger charge is 2.45. The van der Waals surface area contributed by atoms with E-state index in [9.17, 15) is 4.79 Å². The van der Waals surface area contributed by atoms with Crippen molar-refractivity contribution in [3.8, 4) is 11.5 Å². The zero-order chi connectivity index (χ0) is 19.8. The summed E-state index contributed by atoms with van der Waals surface area (Å²) in [6.45, 7) is 6.68. The Hall–Kier alpha value is -2.87. The number of amides is 1. The van der Waals surface area contributed by atoms with E-state index >= 15 is 0 Å². The van der Waals surface area contributed by atoms with E-state index in [1.54, 1.807) is 12.4 Å². The summed E-state index contributed by atoms with van der Waals surface area (Å²) < 4.78 is 11.0. The first-order valence-corrected chi connectivity index (χ1v) is 10.1. The molecule has 2 unspecified atom stereocenters. The highest BCUT2D eigenvalue weighted by atomic mass is 16.7. The van der Waals surface area contributed by atoms with Crippen LogP contribution in [-0.2, 0) is 4.79 Å². The van der Waals surface area contributed by atoms with Gasteiger partial charge in [-0.3, -0.25) is 9.69 Å². The molecule has 1 amide bonds. The van der Waals surface area contributed by atoms with Crippen molar-refractivity contribution in [2.45, 2.75) is 25.8 Å². The van der Waals surface area contributed by atoms with Crippen LogP contribution in [0, 0.1) is 5.41 Å². The van der Waals surface area contributed by atoms with Crippen molar-refractivity contribution in [2.24, 2.45) is 5.41 Å². The van der Waals surface area contributed by atoms with Crippen molar-refractivity contribution in [3.63, 3.8) is 0 Å². The minimum atomic E-state index is 0.285. The number of anilines is 2. The highest BCUT2D eigenvalue weighted by molar-refractivity contribution is 5.70. The zero-order valence-corrected chi connectivity index (χ0v) is 16.5. The van der Waals surface area contributed by atoms with Gasteiger partial charge in [0.1, 0.15) is 0 Å². The Morgan fingerprint density at radius 3 is 2.76 bits per heavy atom. The van der Waals surface area contributed by atoms with Gasteiger partial charge in [0.15, 0.2) is 11.5 Å². The smallest absolute Gasteiger partial charge is 0.231 e. The maximum atomic E-state index is 10.5. The molecule has 3 aliphatic heterocycles. The van der Waals surface area contributed by atoms with E-state index < -0.39 is 0 Å². The summed E-state index contributed by atoms with van der Waals surface area (Å²) in [4.78, 5) is 24.2. The molecule has 5 rings (SSSR count). The molecule has 2 atom stereocenters. The van der Waals surface area contributed by atoms with Crippen LogP contribution < -0.4 is 19.7 Å². The Morgan fingerprint density at radius 1 is 1.14 bits per heavy atom. The molecule has 1 aromatic heterocycles. The summed E-state index contributed by atoms with van der Waals surface area (Å²) in [5.74, 6) is 2.42. The predicted molar refractivity (Wildman–Crippen MR) is 108 cm³/mol. The lowest BCUT2D eigenvalue weighted by Crippen LogP contribution is -2.32. The molecule has 29 heavy (non-hydrogen) atoms. The Kier molecular flexibility index (Phi) is 4.50. The molecule has 2 aromatic rings. The summed E-state index contributed by atoms with van der Waals surface area (Å²) >= 11 is 0. The summed E-state index contributed by atoms with van der Waals surface area (Å²) in [6.07, 6.45) is 6.28. The third kappa shape index (κ3) is 3.37. The van der Waals surface area contributed by atoms with Crippen molar-refractivity contribution >= 4 is 18.0 Å². The molecule has 3 aliphatic rings. The van der Waals surface area contributed by atoms with E-state index in [-0.39, 0.29) is 5.41 Å². The molecular weight excluding hydrogens is 370 g/mol. The molecule has 1 N–H and O–H groups in total. The second-order valence-electron chi connectivity index (χ2n) is 8.21. The molecule has 152 valence electrons. The lowest BCUT2D eigenvalue weighted by Gasteiger charge is -2.28. The molecule has 1 spiro atoms. The predicted octanol–water partition coefficient (Wildman–Crippen LogP) is 2.44. The van der Waals surface area contributed by atoms with Crippen molar-refractivity contribution in [2.75, 3.05) is 43.2 Å². The fourth-order valence-corrected chi connectivity index (χ4v) is 4.75. The second kappa shape index (κ2) is 7.18. The van der Waals surface area contributed by atoms with Crippen molar-refractivity contribution < 1.29 is 14.3 Å². The lowest BCUT2D eigenvalue weighted by molar-refractivity contribution is -0.105. The molecule has 1 aromatic carbocycles. The van der Waals surface area contributed by atoms with Gasteiger partial charge < -0.3 is 19.7 Å². The van der Waals surface area contributed by atoms with Gasteiger partial charge in [-0.05, 0) is 44.0 Å². The fourth-order valence-electron chi connectivity index (χ4n) is 4.75. The number of hydrogen-bond donors (Lipinski definition) is 1. The van der Waals surface area contributed by atoms with Crippen LogP contribution in [0.4, 0.5) is 11.6 Å². The van der Waals surface area contributed by atoms with Gasteiger partial charge in [-0.2, -0.15) is 0 Å². The van der Waals surface area contributed by atoms with Gasteiger partial charge in [0.05, 0.1) is 18.1 Å². The van der Waals surface area contributed by atoms with E-state index in [0.29, 0.717) is 24.9 Å². The average molecular weight is 395 g/mol. The minimum absolute atomic E-state index is 0.285. The standard InChI is InChI=1S/C21H25N5O3/c1-15(16-2-3-18-19(8-16)29-14-28-18)25-6-4-21(11-25)5-7-26(12-21)20-22-9-17(10-23-20)24-13-27/h2-3,8-10,13,15H,4-7,11-12,14H2,1H3,(H,24,27). The number of carbonyl (C=O) groups is 1. The van der Waals surface area contributed by atoms with Crippen LogP contribution in [0.15, 0.2) is 30.6 Å². The lowest BCUT2D eigenvalue weighted by atomic mass is 9.86. The van der Waals surface area contributed by atoms with Crippen LogP contribution in [0.1, 0.15) is 31.4 Å². The average Bonchev–Trinajstić information content (AvgIpc) is 3.48. The number of ether oxygens (including phenoxy) is 2. The number of hydrogen-bond acceptors (Lipinski definition) is 7. The van der Waals surface area contributed by atoms with Crippen molar-refractivity contribution in [3.05, 3.63) is 36.2 Å². The summed E-state index contributed by atoms with van der Waals surface area (Å²) in [5.41, 5.74) is 2.17. The maximum absolute atomic E-state index is 10.5. The molecule has 2 saturated heterocycles. The van der Waals surface area contributed by atoms with Crippen LogP contribution >= 0.6 is 0 Å². The zero-order valence-electron chi connectivity index (χ0n) is 16.5. The van der Waals surface area contributed by atoms with Crippen molar-refractivity contribution in [1.82, 2.24) is 14.9 Å². The van der Waals surface area contributed by atoms with E-state index in [1.165, 1.54) is 12.0 Å². The molecule has 0 saturated carbocycles. The SMILES string of the molecule is CC(c1ccc2c(c1)OCO2)N1CCC2(CCN(c3ncc(NC=O)cn3)C2)C1. The molecular formula is C21H25N5O3. The summed E-state index contributed by atoms with van der Waals surface area (Å²) in [7, 11) is 0. The summed E-state index contributed by atoms with van der Waals surface area (Å²) in [6, 6.07) is 6.61. The van der Waals surface area contributed by atoms with Gasteiger partial charge in [0.2, 0.25) is 19.2 Å². The van der Waals surface area contributed by atoms with E-state index in [1.807, 2.05) is 6.07 Å². The van der Waals surface area contributed by atoms with E-state index in [2.05, 4.69) is 44.1 Å². The van der Waals surface area contributed by atoms with Gasteiger partial charge in [0.25, 0.3) is 0 Å². The highest BCUT2D eigenvalue weighted by Crippen LogP contribution is 2.44.